The standard InChI is InChI=1S/C16H25N5/c1-13-7-11-21-15(12-13)18-16(19-21)17-8-5-10-20-9-4-3-6-14(20)2/h7,11-12,14H,3-6,8-10H2,1-2H3,(H,17,19). The Balaban J connectivity index is 1.48. The van der Waals surface area contributed by atoms with Gasteiger partial charge in [-0.15, -0.1) is 5.10 Å². The molecule has 1 atom stereocenters. The molecular formula is C16H25N5. The minimum Gasteiger partial charge on any atom is -0.353 e. The summed E-state index contributed by atoms with van der Waals surface area (Å²) in [4.78, 5) is 7.10. The van der Waals surface area contributed by atoms with Gasteiger partial charge < -0.3 is 10.2 Å². The van der Waals surface area contributed by atoms with Gasteiger partial charge in [-0.25, -0.2) is 4.52 Å². The molecule has 5 heteroatoms. The first-order chi connectivity index (χ1) is 10.2. The molecule has 3 heterocycles. The molecule has 114 valence electrons. The number of pyridine rings is 1. The van der Waals surface area contributed by atoms with Crippen LogP contribution in [-0.4, -0.2) is 45.2 Å². The zero-order valence-corrected chi connectivity index (χ0v) is 13.0. The van der Waals surface area contributed by atoms with Crippen LogP contribution in [0.25, 0.3) is 5.65 Å². The first-order valence-corrected chi connectivity index (χ1v) is 8.03. The van der Waals surface area contributed by atoms with Crippen LogP contribution in [-0.2, 0) is 0 Å². The minimum atomic E-state index is 0.729. The average Bonchev–Trinajstić information content (AvgIpc) is 2.87. The first kappa shape index (κ1) is 14.3. The molecule has 1 aliphatic rings. The van der Waals surface area contributed by atoms with E-state index in [1.165, 1.54) is 37.9 Å². The van der Waals surface area contributed by atoms with Crippen LogP contribution in [0.1, 0.15) is 38.2 Å². The lowest BCUT2D eigenvalue weighted by atomic mass is 10.0. The molecular weight excluding hydrogens is 262 g/mol. The Labute approximate surface area is 126 Å². The van der Waals surface area contributed by atoms with Crippen LogP contribution in [0.4, 0.5) is 5.95 Å². The fourth-order valence-electron chi connectivity index (χ4n) is 3.03. The largest absolute Gasteiger partial charge is 0.353 e. The van der Waals surface area contributed by atoms with Gasteiger partial charge in [0.2, 0.25) is 5.95 Å². The third kappa shape index (κ3) is 3.53. The predicted molar refractivity (Wildman–Crippen MR) is 85.7 cm³/mol. The van der Waals surface area contributed by atoms with E-state index in [1.807, 2.05) is 22.8 Å². The first-order valence-electron chi connectivity index (χ1n) is 8.03. The lowest BCUT2D eigenvalue weighted by molar-refractivity contribution is 0.160. The molecule has 0 bridgehead atoms. The summed E-state index contributed by atoms with van der Waals surface area (Å²) in [6, 6.07) is 4.84. The van der Waals surface area contributed by atoms with Crippen molar-refractivity contribution >= 4 is 11.6 Å². The highest BCUT2D eigenvalue weighted by Gasteiger charge is 2.17. The zero-order valence-electron chi connectivity index (χ0n) is 13.0. The van der Waals surface area contributed by atoms with Gasteiger partial charge in [0.05, 0.1) is 0 Å². The van der Waals surface area contributed by atoms with Gasteiger partial charge >= 0.3 is 0 Å². The molecule has 0 aliphatic carbocycles. The number of nitrogens with zero attached hydrogens (tertiary/aromatic N) is 4. The van der Waals surface area contributed by atoms with E-state index in [2.05, 4.69) is 34.1 Å². The molecule has 3 rings (SSSR count). The van der Waals surface area contributed by atoms with Gasteiger partial charge in [-0.3, -0.25) is 0 Å². The number of hydrogen-bond donors (Lipinski definition) is 1. The van der Waals surface area contributed by atoms with Crippen LogP contribution < -0.4 is 5.32 Å². The van der Waals surface area contributed by atoms with Gasteiger partial charge in [0.25, 0.3) is 0 Å². The molecule has 0 amide bonds. The molecule has 1 unspecified atom stereocenters. The number of hydrogen-bond acceptors (Lipinski definition) is 4. The number of likely N-dealkylation sites (tertiary alicyclic amines) is 1. The maximum absolute atomic E-state index is 4.50. The second-order valence-corrected chi connectivity index (χ2v) is 6.10. The summed E-state index contributed by atoms with van der Waals surface area (Å²) in [7, 11) is 0. The lowest BCUT2D eigenvalue weighted by Gasteiger charge is -2.33. The number of nitrogens with one attached hydrogen (secondary N) is 1. The van der Waals surface area contributed by atoms with Gasteiger partial charge in [0.15, 0.2) is 5.65 Å². The molecule has 0 spiro atoms. The topological polar surface area (TPSA) is 45.5 Å². The number of piperidine rings is 1. The summed E-state index contributed by atoms with van der Waals surface area (Å²) in [5.74, 6) is 0.729. The van der Waals surface area contributed by atoms with E-state index in [4.69, 9.17) is 0 Å². The van der Waals surface area contributed by atoms with Crippen molar-refractivity contribution in [2.75, 3.05) is 25.0 Å². The molecule has 0 radical (unpaired) electrons. The Kier molecular flexibility index (Phi) is 4.39. The third-order valence-corrected chi connectivity index (χ3v) is 4.34. The maximum Gasteiger partial charge on any atom is 0.243 e. The van der Waals surface area contributed by atoms with Crippen LogP contribution in [0.3, 0.4) is 0 Å². The molecule has 5 nitrogen and oxygen atoms in total. The summed E-state index contributed by atoms with van der Waals surface area (Å²) >= 11 is 0. The molecule has 1 aliphatic heterocycles. The Morgan fingerprint density at radius 2 is 2.29 bits per heavy atom. The number of aromatic nitrogens is 3. The van der Waals surface area contributed by atoms with Gasteiger partial charge in [0.1, 0.15) is 0 Å². The van der Waals surface area contributed by atoms with E-state index in [9.17, 15) is 0 Å². The second kappa shape index (κ2) is 6.43. The fraction of sp³-hybridized carbons (Fsp3) is 0.625. The molecule has 1 N–H and O–H groups in total. The molecule has 2 aromatic rings. The Hall–Kier alpha value is -1.62. The number of aryl methyl sites for hydroxylation is 1. The van der Waals surface area contributed by atoms with Crippen LogP contribution in [0, 0.1) is 6.92 Å². The summed E-state index contributed by atoms with van der Waals surface area (Å²) < 4.78 is 1.82. The van der Waals surface area contributed by atoms with E-state index >= 15 is 0 Å². The average molecular weight is 287 g/mol. The number of rotatable bonds is 5. The Bertz CT molecular complexity index is 591. The van der Waals surface area contributed by atoms with Crippen molar-refractivity contribution in [2.24, 2.45) is 0 Å². The molecule has 0 aromatic carbocycles. The van der Waals surface area contributed by atoms with E-state index in [-0.39, 0.29) is 0 Å². The van der Waals surface area contributed by atoms with Gasteiger partial charge in [-0.2, -0.15) is 4.98 Å². The van der Waals surface area contributed by atoms with E-state index < -0.39 is 0 Å². The molecule has 1 saturated heterocycles. The Morgan fingerprint density at radius 3 is 3.14 bits per heavy atom. The van der Waals surface area contributed by atoms with Crippen molar-refractivity contribution in [3.8, 4) is 0 Å². The summed E-state index contributed by atoms with van der Waals surface area (Å²) in [6.45, 7) is 7.77. The van der Waals surface area contributed by atoms with Gasteiger partial charge in [-0.05, 0) is 57.4 Å². The van der Waals surface area contributed by atoms with E-state index in [0.29, 0.717) is 0 Å². The SMILES string of the molecule is Cc1ccn2nc(NCCCN3CCCCC3C)nc2c1. The van der Waals surface area contributed by atoms with Crippen molar-refractivity contribution in [2.45, 2.75) is 45.6 Å². The van der Waals surface area contributed by atoms with Crippen LogP contribution in [0.5, 0.6) is 0 Å². The van der Waals surface area contributed by atoms with Gasteiger partial charge in [-0.1, -0.05) is 6.42 Å². The van der Waals surface area contributed by atoms with Crippen molar-refractivity contribution in [3.05, 3.63) is 23.9 Å². The normalized spacial score (nSPS) is 20.0. The van der Waals surface area contributed by atoms with Crippen molar-refractivity contribution in [3.63, 3.8) is 0 Å². The fourth-order valence-corrected chi connectivity index (χ4v) is 3.03. The summed E-state index contributed by atoms with van der Waals surface area (Å²) in [6.07, 6.45) is 7.18. The quantitative estimate of drug-likeness (QED) is 0.859. The van der Waals surface area contributed by atoms with Crippen molar-refractivity contribution < 1.29 is 0 Å². The highest BCUT2D eigenvalue weighted by atomic mass is 15.3. The molecule has 2 aromatic heterocycles. The minimum absolute atomic E-state index is 0.729. The summed E-state index contributed by atoms with van der Waals surface area (Å²) in [5, 5.41) is 7.77. The molecule has 21 heavy (non-hydrogen) atoms. The smallest absolute Gasteiger partial charge is 0.243 e. The van der Waals surface area contributed by atoms with Crippen molar-refractivity contribution in [1.29, 1.82) is 0 Å². The maximum atomic E-state index is 4.50. The highest BCUT2D eigenvalue weighted by molar-refractivity contribution is 5.45. The van der Waals surface area contributed by atoms with E-state index in [0.717, 1.165) is 30.6 Å². The van der Waals surface area contributed by atoms with Crippen LogP contribution in [0.15, 0.2) is 18.3 Å². The van der Waals surface area contributed by atoms with Crippen molar-refractivity contribution in [1.82, 2.24) is 19.5 Å². The number of fused-ring (bicyclic) bond motifs is 1. The summed E-state index contributed by atoms with van der Waals surface area (Å²) in [5.41, 5.74) is 2.11. The van der Waals surface area contributed by atoms with Crippen LogP contribution >= 0.6 is 0 Å². The Morgan fingerprint density at radius 1 is 1.38 bits per heavy atom. The van der Waals surface area contributed by atoms with Gasteiger partial charge in [0, 0.05) is 25.3 Å². The van der Waals surface area contributed by atoms with E-state index in [1.54, 1.807) is 0 Å². The lowest BCUT2D eigenvalue weighted by Crippen LogP contribution is -2.38. The second-order valence-electron chi connectivity index (χ2n) is 6.10. The number of anilines is 1. The monoisotopic (exact) mass is 287 g/mol. The zero-order chi connectivity index (χ0) is 14.7. The van der Waals surface area contributed by atoms with Crippen LogP contribution in [0.2, 0.25) is 0 Å². The third-order valence-electron chi connectivity index (χ3n) is 4.34. The predicted octanol–water partition coefficient (Wildman–Crippen LogP) is 2.71. The molecule has 1 fully saturated rings. The molecule has 0 saturated carbocycles. The highest BCUT2D eigenvalue weighted by Crippen LogP contribution is 2.16.